The molecule has 0 saturated carbocycles. The van der Waals surface area contributed by atoms with Crippen molar-refractivity contribution in [3.63, 3.8) is 0 Å². The summed E-state index contributed by atoms with van der Waals surface area (Å²) >= 11 is 0. The Morgan fingerprint density at radius 3 is 3.00 bits per heavy atom. The minimum atomic E-state index is -0.935. The van der Waals surface area contributed by atoms with Gasteiger partial charge in [0, 0.05) is 11.8 Å². The molecule has 1 unspecified atom stereocenters. The fraction of sp³-hybridized carbons (Fsp3) is 0.353. The van der Waals surface area contributed by atoms with Crippen molar-refractivity contribution >= 4 is 0 Å². The van der Waals surface area contributed by atoms with Crippen LogP contribution in [0.1, 0.15) is 36.5 Å². The van der Waals surface area contributed by atoms with Gasteiger partial charge in [-0.05, 0) is 36.5 Å². The molecule has 0 fully saturated rings. The van der Waals surface area contributed by atoms with E-state index in [-0.39, 0.29) is 0 Å². The van der Waals surface area contributed by atoms with E-state index in [4.69, 9.17) is 4.74 Å². The Hall–Kier alpha value is -1.87. The van der Waals surface area contributed by atoms with E-state index in [0.29, 0.717) is 13.0 Å². The third-order valence-electron chi connectivity index (χ3n) is 3.88. The Kier molecular flexibility index (Phi) is 3.45. The Morgan fingerprint density at radius 2 is 2.15 bits per heavy atom. The van der Waals surface area contributed by atoms with Gasteiger partial charge in [0.2, 0.25) is 0 Å². The molecule has 104 valence electrons. The van der Waals surface area contributed by atoms with E-state index < -0.39 is 5.60 Å². The zero-order chi connectivity index (χ0) is 14.0. The number of aryl methyl sites for hydroxylation is 1. The topological polar surface area (TPSA) is 42.4 Å². The summed E-state index contributed by atoms with van der Waals surface area (Å²) in [6.07, 6.45) is 5.99. The van der Waals surface area contributed by atoms with Crippen molar-refractivity contribution in [2.24, 2.45) is 0 Å². The standard InChI is InChI=1S/C17H19NO2/c1-2-9-20-15-10-14(11-18-12-15)17(19)8-7-13-5-3-4-6-16(13)17/h3-6,10-12,19H,2,7-9H2,1H3. The van der Waals surface area contributed by atoms with Crippen molar-refractivity contribution in [1.29, 1.82) is 0 Å². The van der Waals surface area contributed by atoms with Crippen LogP contribution in [0, 0.1) is 0 Å². The van der Waals surface area contributed by atoms with E-state index in [1.807, 2.05) is 24.3 Å². The quantitative estimate of drug-likeness (QED) is 0.927. The second-order valence-electron chi connectivity index (χ2n) is 5.28. The van der Waals surface area contributed by atoms with Gasteiger partial charge >= 0.3 is 0 Å². The number of pyridine rings is 1. The van der Waals surface area contributed by atoms with E-state index in [0.717, 1.165) is 29.7 Å². The number of rotatable bonds is 4. The molecular weight excluding hydrogens is 250 g/mol. The predicted octanol–water partition coefficient (Wildman–Crippen LogP) is 3.05. The van der Waals surface area contributed by atoms with Crippen LogP contribution in [-0.2, 0) is 12.0 Å². The number of ether oxygens (including phenoxy) is 1. The van der Waals surface area contributed by atoms with Gasteiger partial charge in [-0.3, -0.25) is 4.98 Å². The average molecular weight is 269 g/mol. The molecule has 1 aromatic carbocycles. The summed E-state index contributed by atoms with van der Waals surface area (Å²) in [6.45, 7) is 2.73. The van der Waals surface area contributed by atoms with E-state index in [1.54, 1.807) is 12.4 Å². The van der Waals surface area contributed by atoms with Crippen molar-refractivity contribution in [1.82, 2.24) is 4.98 Å². The van der Waals surface area contributed by atoms with Gasteiger partial charge < -0.3 is 9.84 Å². The molecule has 0 radical (unpaired) electrons. The monoisotopic (exact) mass is 269 g/mol. The van der Waals surface area contributed by atoms with Crippen LogP contribution in [0.3, 0.4) is 0 Å². The zero-order valence-electron chi connectivity index (χ0n) is 11.7. The van der Waals surface area contributed by atoms with E-state index >= 15 is 0 Å². The van der Waals surface area contributed by atoms with E-state index in [2.05, 4.69) is 18.0 Å². The van der Waals surface area contributed by atoms with Crippen LogP contribution in [0.25, 0.3) is 0 Å². The van der Waals surface area contributed by atoms with Gasteiger partial charge in [0.1, 0.15) is 11.4 Å². The lowest BCUT2D eigenvalue weighted by Crippen LogP contribution is -2.24. The summed E-state index contributed by atoms with van der Waals surface area (Å²) < 4.78 is 5.61. The van der Waals surface area contributed by atoms with Crippen molar-refractivity contribution < 1.29 is 9.84 Å². The predicted molar refractivity (Wildman–Crippen MR) is 77.8 cm³/mol. The maximum absolute atomic E-state index is 11.1. The molecule has 2 aromatic rings. The maximum Gasteiger partial charge on any atom is 0.137 e. The Bertz CT molecular complexity index is 611. The summed E-state index contributed by atoms with van der Waals surface area (Å²) in [4.78, 5) is 4.22. The summed E-state index contributed by atoms with van der Waals surface area (Å²) in [5.41, 5.74) is 2.09. The molecule has 1 aromatic heterocycles. The first kappa shape index (κ1) is 13.1. The molecule has 0 amide bonds. The largest absolute Gasteiger partial charge is 0.492 e. The number of aromatic nitrogens is 1. The number of fused-ring (bicyclic) bond motifs is 1. The first-order valence-electron chi connectivity index (χ1n) is 7.13. The van der Waals surface area contributed by atoms with E-state index in [1.165, 1.54) is 5.56 Å². The maximum atomic E-state index is 11.1. The van der Waals surface area contributed by atoms with Gasteiger partial charge in [-0.25, -0.2) is 0 Å². The SMILES string of the molecule is CCCOc1cncc(C2(O)CCc3ccccc32)c1. The van der Waals surface area contributed by atoms with Crippen molar-refractivity contribution in [2.45, 2.75) is 31.8 Å². The summed E-state index contributed by atoms with van der Waals surface area (Å²) in [5, 5.41) is 11.1. The second-order valence-corrected chi connectivity index (χ2v) is 5.28. The molecule has 1 heterocycles. The van der Waals surface area contributed by atoms with Crippen LogP contribution in [0.15, 0.2) is 42.7 Å². The lowest BCUT2D eigenvalue weighted by Gasteiger charge is -2.24. The normalized spacial score (nSPS) is 20.7. The molecule has 1 aliphatic carbocycles. The third-order valence-corrected chi connectivity index (χ3v) is 3.88. The molecule has 3 nitrogen and oxygen atoms in total. The molecule has 0 saturated heterocycles. The van der Waals surface area contributed by atoms with Crippen LogP contribution < -0.4 is 4.74 Å². The fourth-order valence-corrected chi connectivity index (χ4v) is 2.84. The van der Waals surface area contributed by atoms with Crippen LogP contribution in [0.2, 0.25) is 0 Å². The molecule has 3 heteroatoms. The summed E-state index contributed by atoms with van der Waals surface area (Å²) in [5.74, 6) is 0.724. The Labute approximate surface area is 119 Å². The summed E-state index contributed by atoms with van der Waals surface area (Å²) in [6, 6.07) is 9.98. The van der Waals surface area contributed by atoms with Crippen molar-refractivity contribution in [3.8, 4) is 5.75 Å². The summed E-state index contributed by atoms with van der Waals surface area (Å²) in [7, 11) is 0. The minimum Gasteiger partial charge on any atom is -0.492 e. The second kappa shape index (κ2) is 5.25. The smallest absolute Gasteiger partial charge is 0.137 e. The highest BCUT2D eigenvalue weighted by Gasteiger charge is 2.38. The average Bonchev–Trinajstić information content (AvgIpc) is 2.85. The van der Waals surface area contributed by atoms with E-state index in [9.17, 15) is 5.11 Å². The lowest BCUT2D eigenvalue weighted by atomic mass is 9.89. The number of nitrogens with zero attached hydrogens (tertiary/aromatic N) is 1. The highest BCUT2D eigenvalue weighted by Crippen LogP contribution is 2.42. The molecule has 0 bridgehead atoms. The molecular formula is C17H19NO2. The van der Waals surface area contributed by atoms with Gasteiger partial charge in [0.05, 0.1) is 12.8 Å². The Morgan fingerprint density at radius 1 is 1.30 bits per heavy atom. The molecule has 1 aliphatic rings. The van der Waals surface area contributed by atoms with Crippen molar-refractivity contribution in [3.05, 3.63) is 59.4 Å². The van der Waals surface area contributed by atoms with Crippen LogP contribution in [0.5, 0.6) is 5.75 Å². The minimum absolute atomic E-state index is 0.667. The van der Waals surface area contributed by atoms with Crippen LogP contribution in [-0.4, -0.2) is 16.7 Å². The van der Waals surface area contributed by atoms with Crippen LogP contribution in [0.4, 0.5) is 0 Å². The number of hydrogen-bond acceptors (Lipinski definition) is 3. The molecule has 0 spiro atoms. The number of benzene rings is 1. The molecule has 1 N–H and O–H groups in total. The molecule has 0 aliphatic heterocycles. The molecule has 1 atom stereocenters. The highest BCUT2D eigenvalue weighted by molar-refractivity contribution is 5.45. The van der Waals surface area contributed by atoms with Gasteiger partial charge in [-0.1, -0.05) is 31.2 Å². The Balaban J connectivity index is 1.97. The van der Waals surface area contributed by atoms with Gasteiger partial charge in [0.25, 0.3) is 0 Å². The van der Waals surface area contributed by atoms with Gasteiger partial charge in [0.15, 0.2) is 0 Å². The number of hydrogen-bond donors (Lipinski definition) is 1. The molecule has 3 rings (SSSR count). The third kappa shape index (κ3) is 2.18. The fourth-order valence-electron chi connectivity index (χ4n) is 2.84. The molecule has 20 heavy (non-hydrogen) atoms. The van der Waals surface area contributed by atoms with Crippen LogP contribution >= 0.6 is 0 Å². The number of aliphatic hydroxyl groups is 1. The van der Waals surface area contributed by atoms with Gasteiger partial charge in [-0.15, -0.1) is 0 Å². The lowest BCUT2D eigenvalue weighted by molar-refractivity contribution is 0.0822. The first-order chi connectivity index (χ1) is 9.74. The zero-order valence-corrected chi connectivity index (χ0v) is 11.7. The first-order valence-corrected chi connectivity index (χ1v) is 7.13. The van der Waals surface area contributed by atoms with Crippen molar-refractivity contribution in [2.75, 3.05) is 6.61 Å². The highest BCUT2D eigenvalue weighted by atomic mass is 16.5. The van der Waals surface area contributed by atoms with Gasteiger partial charge in [-0.2, -0.15) is 0 Å².